The van der Waals surface area contributed by atoms with Crippen LogP contribution in [0.4, 0.5) is 0 Å². The van der Waals surface area contributed by atoms with Gasteiger partial charge in [-0.3, -0.25) is 4.79 Å². The SMILES string of the molecule is CCOC(=O)C(=CCNC)C(=O)Cc1ccc(Cl)cc1. The van der Waals surface area contributed by atoms with Crippen LogP contribution in [0.3, 0.4) is 0 Å². The summed E-state index contributed by atoms with van der Waals surface area (Å²) in [4.78, 5) is 24.0. The van der Waals surface area contributed by atoms with Crippen LogP contribution in [0.15, 0.2) is 35.9 Å². The number of carbonyl (C=O) groups excluding carboxylic acids is 2. The molecule has 0 saturated carbocycles. The lowest BCUT2D eigenvalue weighted by molar-refractivity contribution is -0.140. The molecule has 0 unspecified atom stereocenters. The zero-order chi connectivity index (χ0) is 15.0. The van der Waals surface area contributed by atoms with E-state index < -0.39 is 5.97 Å². The summed E-state index contributed by atoms with van der Waals surface area (Å²) in [6, 6.07) is 6.96. The number of rotatable bonds is 7. The number of hydrogen-bond donors (Lipinski definition) is 1. The summed E-state index contributed by atoms with van der Waals surface area (Å²) < 4.78 is 4.90. The van der Waals surface area contributed by atoms with Crippen LogP contribution in [0.2, 0.25) is 5.02 Å². The van der Waals surface area contributed by atoms with E-state index in [2.05, 4.69) is 5.32 Å². The van der Waals surface area contributed by atoms with E-state index in [9.17, 15) is 9.59 Å². The predicted octanol–water partition coefficient (Wildman–Crippen LogP) is 2.16. The Morgan fingerprint density at radius 3 is 2.50 bits per heavy atom. The molecule has 5 heteroatoms. The molecule has 0 aliphatic heterocycles. The Kier molecular flexibility index (Phi) is 6.98. The molecule has 0 aliphatic carbocycles. The van der Waals surface area contributed by atoms with Crippen molar-refractivity contribution in [1.29, 1.82) is 0 Å². The average Bonchev–Trinajstić information content (AvgIpc) is 2.42. The molecule has 4 nitrogen and oxygen atoms in total. The molecule has 1 rings (SSSR count). The van der Waals surface area contributed by atoms with Crippen molar-refractivity contribution in [2.24, 2.45) is 0 Å². The second kappa shape index (κ2) is 8.51. The van der Waals surface area contributed by atoms with Crippen LogP contribution in [-0.2, 0) is 20.7 Å². The first-order chi connectivity index (χ1) is 9.58. The maximum atomic E-state index is 12.2. The van der Waals surface area contributed by atoms with Gasteiger partial charge in [0.1, 0.15) is 5.57 Å². The van der Waals surface area contributed by atoms with Crippen molar-refractivity contribution in [2.75, 3.05) is 20.2 Å². The van der Waals surface area contributed by atoms with Crippen molar-refractivity contribution < 1.29 is 14.3 Å². The quantitative estimate of drug-likeness (QED) is 0.362. The molecule has 0 aromatic heterocycles. The van der Waals surface area contributed by atoms with Crippen molar-refractivity contribution in [3.05, 3.63) is 46.5 Å². The molecule has 0 radical (unpaired) electrons. The summed E-state index contributed by atoms with van der Waals surface area (Å²) in [5.41, 5.74) is 0.884. The molecule has 108 valence electrons. The Morgan fingerprint density at radius 1 is 1.30 bits per heavy atom. The van der Waals surface area contributed by atoms with Gasteiger partial charge in [0.05, 0.1) is 6.61 Å². The van der Waals surface area contributed by atoms with E-state index in [1.54, 1.807) is 44.3 Å². The Bertz CT molecular complexity index is 494. The zero-order valence-corrected chi connectivity index (χ0v) is 12.4. The highest BCUT2D eigenvalue weighted by Gasteiger charge is 2.19. The van der Waals surface area contributed by atoms with Gasteiger partial charge < -0.3 is 10.1 Å². The first kappa shape index (κ1) is 16.4. The fourth-order valence-corrected chi connectivity index (χ4v) is 1.73. The number of nitrogens with one attached hydrogen (secondary N) is 1. The Hall–Kier alpha value is -1.65. The van der Waals surface area contributed by atoms with Crippen LogP contribution in [0.25, 0.3) is 0 Å². The molecule has 0 atom stereocenters. The van der Waals surface area contributed by atoms with Gasteiger partial charge in [-0.1, -0.05) is 29.8 Å². The summed E-state index contributed by atoms with van der Waals surface area (Å²) in [6.45, 7) is 2.38. The van der Waals surface area contributed by atoms with Gasteiger partial charge in [-0.25, -0.2) is 4.79 Å². The smallest absolute Gasteiger partial charge is 0.341 e. The highest BCUT2D eigenvalue weighted by atomic mass is 35.5. The lowest BCUT2D eigenvalue weighted by atomic mass is 10.0. The number of likely N-dealkylation sites (N-methyl/N-ethyl adjacent to an activating group) is 1. The van der Waals surface area contributed by atoms with Crippen LogP contribution in [0, 0.1) is 0 Å². The zero-order valence-electron chi connectivity index (χ0n) is 11.6. The summed E-state index contributed by atoms with van der Waals surface area (Å²) >= 11 is 5.79. The van der Waals surface area contributed by atoms with Gasteiger partial charge in [-0.05, 0) is 31.7 Å². The number of benzene rings is 1. The normalized spacial score (nSPS) is 11.2. The van der Waals surface area contributed by atoms with E-state index >= 15 is 0 Å². The van der Waals surface area contributed by atoms with Crippen LogP contribution < -0.4 is 5.32 Å². The van der Waals surface area contributed by atoms with E-state index in [1.807, 2.05) is 0 Å². The molecule has 1 aromatic carbocycles. The van der Waals surface area contributed by atoms with Gasteiger partial charge in [0.25, 0.3) is 0 Å². The lowest BCUT2D eigenvalue weighted by Gasteiger charge is -2.07. The van der Waals surface area contributed by atoms with E-state index in [0.717, 1.165) is 5.56 Å². The van der Waals surface area contributed by atoms with Crippen molar-refractivity contribution in [1.82, 2.24) is 5.32 Å². The van der Waals surface area contributed by atoms with Gasteiger partial charge in [0.2, 0.25) is 0 Å². The van der Waals surface area contributed by atoms with Crippen molar-refractivity contribution in [2.45, 2.75) is 13.3 Å². The minimum atomic E-state index is -0.582. The van der Waals surface area contributed by atoms with Gasteiger partial charge in [-0.2, -0.15) is 0 Å². The van der Waals surface area contributed by atoms with Crippen LogP contribution in [0.1, 0.15) is 12.5 Å². The van der Waals surface area contributed by atoms with Gasteiger partial charge in [0.15, 0.2) is 5.78 Å². The maximum absolute atomic E-state index is 12.2. The minimum absolute atomic E-state index is 0.0798. The second-order valence-corrected chi connectivity index (χ2v) is 4.56. The van der Waals surface area contributed by atoms with Gasteiger partial charge in [0, 0.05) is 18.0 Å². The van der Waals surface area contributed by atoms with E-state index in [1.165, 1.54) is 0 Å². The first-order valence-electron chi connectivity index (χ1n) is 6.38. The van der Waals surface area contributed by atoms with Gasteiger partial charge in [-0.15, -0.1) is 0 Å². The highest BCUT2D eigenvalue weighted by molar-refractivity contribution is 6.30. The number of esters is 1. The largest absolute Gasteiger partial charge is 0.462 e. The molecule has 1 N–H and O–H groups in total. The molecule has 0 heterocycles. The number of Topliss-reactive ketones (excluding diaryl/α,β-unsaturated/α-hetero) is 1. The highest BCUT2D eigenvalue weighted by Crippen LogP contribution is 2.12. The topological polar surface area (TPSA) is 55.4 Å². The number of carbonyl (C=O) groups is 2. The summed E-state index contributed by atoms with van der Waals surface area (Å²) in [5, 5.41) is 3.48. The number of halogens is 1. The molecule has 0 amide bonds. The van der Waals surface area contributed by atoms with Crippen LogP contribution >= 0.6 is 11.6 Å². The molecule has 0 bridgehead atoms. The summed E-state index contributed by atoms with van der Waals surface area (Å²) in [5.74, 6) is -0.845. The van der Waals surface area contributed by atoms with Crippen LogP contribution in [0.5, 0.6) is 0 Å². The monoisotopic (exact) mass is 295 g/mol. The fourth-order valence-electron chi connectivity index (χ4n) is 1.61. The first-order valence-corrected chi connectivity index (χ1v) is 6.75. The Morgan fingerprint density at radius 2 is 1.95 bits per heavy atom. The van der Waals surface area contributed by atoms with E-state index in [4.69, 9.17) is 16.3 Å². The molecule has 0 saturated heterocycles. The molecule has 0 fully saturated rings. The van der Waals surface area contributed by atoms with Crippen molar-refractivity contribution >= 4 is 23.4 Å². The third-order valence-corrected chi connectivity index (χ3v) is 2.84. The van der Waals surface area contributed by atoms with Crippen molar-refractivity contribution in [3.63, 3.8) is 0 Å². The fraction of sp³-hybridized carbons (Fsp3) is 0.333. The molecular formula is C15H18ClNO3. The standard InChI is InChI=1S/C15H18ClNO3/c1-3-20-15(19)13(8-9-17-2)14(18)10-11-4-6-12(16)7-5-11/h4-8,17H,3,9-10H2,1-2H3. The maximum Gasteiger partial charge on any atom is 0.341 e. The minimum Gasteiger partial charge on any atom is -0.462 e. The van der Waals surface area contributed by atoms with E-state index in [-0.39, 0.29) is 24.4 Å². The molecule has 20 heavy (non-hydrogen) atoms. The predicted molar refractivity (Wildman–Crippen MR) is 78.8 cm³/mol. The molecule has 0 spiro atoms. The third-order valence-electron chi connectivity index (χ3n) is 2.58. The number of hydrogen-bond acceptors (Lipinski definition) is 4. The second-order valence-electron chi connectivity index (χ2n) is 4.12. The molecular weight excluding hydrogens is 278 g/mol. The van der Waals surface area contributed by atoms with Crippen LogP contribution in [-0.4, -0.2) is 32.0 Å². The summed E-state index contributed by atoms with van der Waals surface area (Å²) in [6.07, 6.45) is 1.70. The molecule has 1 aromatic rings. The van der Waals surface area contributed by atoms with Gasteiger partial charge >= 0.3 is 5.97 Å². The van der Waals surface area contributed by atoms with Crippen molar-refractivity contribution in [3.8, 4) is 0 Å². The average molecular weight is 296 g/mol. The lowest BCUT2D eigenvalue weighted by Crippen LogP contribution is -2.20. The summed E-state index contributed by atoms with van der Waals surface area (Å²) in [7, 11) is 1.74. The molecule has 0 aliphatic rings. The number of ether oxygens (including phenoxy) is 1. The van der Waals surface area contributed by atoms with E-state index in [0.29, 0.717) is 11.6 Å². The number of ketones is 1. The Balaban J connectivity index is 2.82. The third kappa shape index (κ3) is 5.15. The Labute approximate surface area is 123 Å².